The second-order valence-electron chi connectivity index (χ2n) is 6.99. The molecular formula is C24H13ClN2O4. The fourth-order valence-electron chi connectivity index (χ4n) is 3.66. The highest BCUT2D eigenvalue weighted by Crippen LogP contribution is 2.32. The summed E-state index contributed by atoms with van der Waals surface area (Å²) in [4.78, 5) is 27.4. The average molecular weight is 429 g/mol. The Morgan fingerprint density at radius 2 is 1.58 bits per heavy atom. The minimum Gasteiger partial charge on any atom is -0.402 e. The Balaban J connectivity index is 1.69. The van der Waals surface area contributed by atoms with Crippen molar-refractivity contribution in [1.29, 1.82) is 0 Å². The van der Waals surface area contributed by atoms with Gasteiger partial charge in [-0.1, -0.05) is 60.1 Å². The van der Waals surface area contributed by atoms with Crippen molar-refractivity contribution in [3.8, 4) is 0 Å². The third-order valence-corrected chi connectivity index (χ3v) is 5.44. The smallest absolute Gasteiger partial charge is 0.363 e. The fourth-order valence-corrected chi connectivity index (χ4v) is 3.85. The van der Waals surface area contributed by atoms with Crippen molar-refractivity contribution in [2.24, 2.45) is 4.99 Å². The number of hydrogen-bond acceptors (Lipinski definition) is 5. The summed E-state index contributed by atoms with van der Waals surface area (Å²) in [6, 6.07) is 21.8. The largest absolute Gasteiger partial charge is 0.402 e. The molecule has 1 aliphatic heterocycles. The molecule has 0 atom stereocenters. The second-order valence-corrected chi connectivity index (χ2v) is 7.40. The van der Waals surface area contributed by atoms with Crippen LogP contribution in [0.3, 0.4) is 0 Å². The Bertz CT molecular complexity index is 1420. The van der Waals surface area contributed by atoms with Crippen molar-refractivity contribution in [2.75, 3.05) is 0 Å². The zero-order chi connectivity index (χ0) is 21.5. The average Bonchev–Trinajstić information content (AvgIpc) is 3.13. The van der Waals surface area contributed by atoms with Gasteiger partial charge in [-0.05, 0) is 45.3 Å². The van der Waals surface area contributed by atoms with Gasteiger partial charge in [-0.2, -0.15) is 0 Å². The number of carbonyl (C=O) groups is 1. The van der Waals surface area contributed by atoms with Gasteiger partial charge in [0, 0.05) is 12.1 Å². The van der Waals surface area contributed by atoms with Crippen LogP contribution in [0, 0.1) is 10.1 Å². The molecule has 0 saturated carbocycles. The van der Waals surface area contributed by atoms with E-state index in [0.29, 0.717) is 0 Å². The molecule has 0 aliphatic carbocycles. The molecule has 0 fully saturated rings. The van der Waals surface area contributed by atoms with Gasteiger partial charge in [0.2, 0.25) is 5.90 Å². The SMILES string of the molecule is O=C1OC(c2cc([N+](=O)[O-])ccc2Cl)=N/C1=C\c1c2ccccc2cc2ccccc12. The molecule has 6 nitrogen and oxygen atoms in total. The number of non-ortho nitro benzene ring substituents is 1. The Morgan fingerprint density at radius 3 is 2.23 bits per heavy atom. The lowest BCUT2D eigenvalue weighted by Gasteiger charge is -2.08. The topological polar surface area (TPSA) is 81.8 Å². The Morgan fingerprint density at radius 1 is 0.935 bits per heavy atom. The number of ether oxygens (including phenoxy) is 1. The maximum absolute atomic E-state index is 12.6. The monoisotopic (exact) mass is 428 g/mol. The van der Waals surface area contributed by atoms with E-state index >= 15 is 0 Å². The summed E-state index contributed by atoms with van der Waals surface area (Å²) >= 11 is 6.18. The number of hydrogen-bond donors (Lipinski definition) is 0. The molecule has 5 rings (SSSR count). The van der Waals surface area contributed by atoms with Crippen molar-refractivity contribution >= 4 is 56.8 Å². The summed E-state index contributed by atoms with van der Waals surface area (Å²) < 4.78 is 5.31. The van der Waals surface area contributed by atoms with E-state index in [1.54, 1.807) is 6.08 Å². The quantitative estimate of drug-likeness (QED) is 0.134. The molecule has 1 aliphatic rings. The number of halogens is 1. The molecule has 0 saturated heterocycles. The second kappa shape index (κ2) is 7.34. The number of carbonyl (C=O) groups excluding carboxylic acids is 1. The number of rotatable bonds is 3. The molecule has 4 aromatic carbocycles. The normalized spacial score (nSPS) is 14.8. The molecule has 0 spiro atoms. The van der Waals surface area contributed by atoms with E-state index < -0.39 is 10.9 Å². The van der Waals surface area contributed by atoms with E-state index in [-0.39, 0.29) is 27.9 Å². The molecule has 4 aromatic rings. The molecule has 7 heteroatoms. The number of nitro groups is 1. The number of aliphatic imine (C=N–C) groups is 1. The van der Waals surface area contributed by atoms with Gasteiger partial charge in [0.25, 0.3) is 5.69 Å². The van der Waals surface area contributed by atoms with Crippen LogP contribution >= 0.6 is 11.6 Å². The fraction of sp³-hybridized carbons (Fsp3) is 0. The maximum atomic E-state index is 12.6. The highest BCUT2D eigenvalue weighted by molar-refractivity contribution is 6.34. The number of cyclic esters (lactones) is 1. The molecule has 0 aromatic heterocycles. The van der Waals surface area contributed by atoms with E-state index in [1.165, 1.54) is 18.2 Å². The van der Waals surface area contributed by atoms with E-state index in [0.717, 1.165) is 27.1 Å². The molecular weight excluding hydrogens is 416 g/mol. The zero-order valence-electron chi connectivity index (χ0n) is 15.9. The van der Waals surface area contributed by atoms with Gasteiger partial charge in [-0.3, -0.25) is 10.1 Å². The van der Waals surface area contributed by atoms with Crippen LogP contribution in [0.25, 0.3) is 27.6 Å². The van der Waals surface area contributed by atoms with Crippen LogP contribution in [-0.4, -0.2) is 16.8 Å². The van der Waals surface area contributed by atoms with Crippen LogP contribution in [0.2, 0.25) is 5.02 Å². The molecule has 0 radical (unpaired) electrons. The first-order valence-electron chi connectivity index (χ1n) is 9.38. The zero-order valence-corrected chi connectivity index (χ0v) is 16.7. The van der Waals surface area contributed by atoms with Crippen LogP contribution in [0.5, 0.6) is 0 Å². The third kappa shape index (κ3) is 3.33. The lowest BCUT2D eigenvalue weighted by Crippen LogP contribution is -2.06. The van der Waals surface area contributed by atoms with Crippen molar-refractivity contribution in [1.82, 2.24) is 0 Å². The summed E-state index contributed by atoms with van der Waals surface area (Å²) in [7, 11) is 0. The third-order valence-electron chi connectivity index (χ3n) is 5.11. The summed E-state index contributed by atoms with van der Waals surface area (Å²) in [5, 5.41) is 15.3. The van der Waals surface area contributed by atoms with Gasteiger partial charge in [0.05, 0.1) is 15.5 Å². The standard InChI is InChI=1S/C24H13ClN2O4/c25-21-10-9-16(27(29)30)12-20(21)23-26-22(24(28)31-23)13-19-17-7-3-1-5-14(17)11-15-6-2-4-8-18(15)19/h1-13H/b22-13-. The lowest BCUT2D eigenvalue weighted by atomic mass is 9.96. The van der Waals surface area contributed by atoms with Crippen LogP contribution < -0.4 is 0 Å². The molecule has 150 valence electrons. The number of nitrogens with zero attached hydrogens (tertiary/aromatic N) is 2. The summed E-state index contributed by atoms with van der Waals surface area (Å²) in [5.41, 5.74) is 0.959. The Labute approximate surface area is 181 Å². The molecule has 0 amide bonds. The van der Waals surface area contributed by atoms with Gasteiger partial charge in [0.15, 0.2) is 5.70 Å². The predicted molar refractivity (Wildman–Crippen MR) is 120 cm³/mol. The van der Waals surface area contributed by atoms with Crippen molar-refractivity contribution in [3.63, 3.8) is 0 Å². The summed E-state index contributed by atoms with van der Waals surface area (Å²) in [5.74, 6) is -0.705. The van der Waals surface area contributed by atoms with E-state index in [2.05, 4.69) is 11.1 Å². The maximum Gasteiger partial charge on any atom is 0.363 e. The van der Waals surface area contributed by atoms with Crippen LogP contribution in [-0.2, 0) is 9.53 Å². The number of esters is 1. The van der Waals surface area contributed by atoms with E-state index in [4.69, 9.17) is 16.3 Å². The van der Waals surface area contributed by atoms with Gasteiger partial charge < -0.3 is 4.74 Å². The predicted octanol–water partition coefficient (Wildman–Crippen LogP) is 5.90. The van der Waals surface area contributed by atoms with Gasteiger partial charge in [-0.25, -0.2) is 9.79 Å². The highest BCUT2D eigenvalue weighted by atomic mass is 35.5. The minimum atomic E-state index is -0.644. The first-order chi connectivity index (χ1) is 15.0. The molecule has 0 unspecified atom stereocenters. The molecule has 1 heterocycles. The number of fused-ring (bicyclic) bond motifs is 2. The summed E-state index contributed by atoms with van der Waals surface area (Å²) in [6.45, 7) is 0. The van der Waals surface area contributed by atoms with E-state index in [9.17, 15) is 14.9 Å². The first kappa shape index (κ1) is 19.0. The highest BCUT2D eigenvalue weighted by Gasteiger charge is 2.27. The van der Waals surface area contributed by atoms with Crippen molar-refractivity contribution < 1.29 is 14.5 Å². The van der Waals surface area contributed by atoms with Gasteiger partial charge in [-0.15, -0.1) is 0 Å². The summed E-state index contributed by atoms with van der Waals surface area (Å²) in [6.07, 6.45) is 1.69. The Hall–Kier alpha value is -4.03. The number of nitro benzene ring substituents is 1. The van der Waals surface area contributed by atoms with Crippen molar-refractivity contribution in [2.45, 2.75) is 0 Å². The van der Waals surface area contributed by atoms with E-state index in [1.807, 2.05) is 48.5 Å². The van der Waals surface area contributed by atoms with Crippen LogP contribution in [0.15, 0.2) is 83.5 Å². The Kier molecular flexibility index (Phi) is 4.49. The lowest BCUT2D eigenvalue weighted by molar-refractivity contribution is -0.384. The first-order valence-corrected chi connectivity index (χ1v) is 9.76. The van der Waals surface area contributed by atoms with Crippen molar-refractivity contribution in [3.05, 3.63) is 105 Å². The van der Waals surface area contributed by atoms with Gasteiger partial charge >= 0.3 is 5.97 Å². The molecule has 0 N–H and O–H groups in total. The van der Waals surface area contributed by atoms with Crippen LogP contribution in [0.1, 0.15) is 11.1 Å². The molecule has 0 bridgehead atoms. The van der Waals surface area contributed by atoms with Crippen LogP contribution in [0.4, 0.5) is 5.69 Å². The molecule has 31 heavy (non-hydrogen) atoms. The van der Waals surface area contributed by atoms with Gasteiger partial charge in [0.1, 0.15) is 0 Å². The number of benzene rings is 4. The minimum absolute atomic E-state index is 0.0607.